The minimum Gasteiger partial charge on any atom is -0.324 e. The predicted octanol–water partition coefficient (Wildman–Crippen LogP) is 2.98. The highest BCUT2D eigenvalue weighted by molar-refractivity contribution is 9.10. The Bertz CT molecular complexity index is 1010. The highest BCUT2D eigenvalue weighted by Crippen LogP contribution is 2.25. The largest absolute Gasteiger partial charge is 0.324 e. The zero-order valence-electron chi connectivity index (χ0n) is 15.7. The van der Waals surface area contributed by atoms with Gasteiger partial charge in [0.05, 0.1) is 12.2 Å². The number of hydrogen-bond donors (Lipinski definition) is 1. The van der Waals surface area contributed by atoms with E-state index < -0.39 is 26.6 Å². The van der Waals surface area contributed by atoms with E-state index in [0.717, 1.165) is 32.5 Å². The first-order chi connectivity index (χ1) is 13.7. The molecule has 29 heavy (non-hydrogen) atoms. The molecular formula is C19H20BrF2N3O3S. The third-order valence-electron chi connectivity index (χ3n) is 4.61. The molecule has 10 heteroatoms. The molecule has 0 unspecified atom stereocenters. The van der Waals surface area contributed by atoms with Crippen LogP contribution in [0.4, 0.5) is 14.5 Å². The molecule has 1 heterocycles. The lowest BCUT2D eigenvalue weighted by Gasteiger charge is -2.33. The van der Waals surface area contributed by atoms with Gasteiger partial charge in [-0.1, -0.05) is 12.1 Å². The molecule has 3 rings (SSSR count). The number of benzene rings is 2. The normalized spacial score (nSPS) is 16.0. The summed E-state index contributed by atoms with van der Waals surface area (Å²) in [5, 5.41) is 2.81. The number of carbonyl (C=O) groups excluding carboxylic acids is 1. The number of amides is 1. The van der Waals surface area contributed by atoms with E-state index in [9.17, 15) is 22.0 Å². The van der Waals surface area contributed by atoms with Gasteiger partial charge in [0.15, 0.2) is 4.90 Å². The number of halogens is 3. The number of hydrogen-bond acceptors (Lipinski definition) is 4. The van der Waals surface area contributed by atoms with Crippen LogP contribution in [0.2, 0.25) is 0 Å². The quantitative estimate of drug-likeness (QED) is 0.703. The summed E-state index contributed by atoms with van der Waals surface area (Å²) in [6, 6.07) is 8.52. The van der Waals surface area contributed by atoms with Gasteiger partial charge in [0.1, 0.15) is 11.6 Å². The Hall–Kier alpha value is -1.88. The number of carbonyl (C=O) groups is 1. The SMILES string of the molecule is Cc1ccc(NC(=O)CN2CCN(S(=O)(=O)c3c(F)cccc3F)CC2)c(Br)c1. The monoisotopic (exact) mass is 487 g/mol. The summed E-state index contributed by atoms with van der Waals surface area (Å²) >= 11 is 3.40. The van der Waals surface area contributed by atoms with Crippen LogP contribution < -0.4 is 5.32 Å². The van der Waals surface area contributed by atoms with Gasteiger partial charge < -0.3 is 5.32 Å². The van der Waals surface area contributed by atoms with Gasteiger partial charge in [0.25, 0.3) is 0 Å². The molecule has 156 valence electrons. The molecule has 1 aliphatic rings. The molecule has 1 aliphatic heterocycles. The molecular weight excluding hydrogens is 468 g/mol. The van der Waals surface area contributed by atoms with Crippen molar-refractivity contribution >= 4 is 37.5 Å². The third-order valence-corrected chi connectivity index (χ3v) is 7.22. The van der Waals surface area contributed by atoms with Crippen LogP contribution in [-0.2, 0) is 14.8 Å². The highest BCUT2D eigenvalue weighted by atomic mass is 79.9. The van der Waals surface area contributed by atoms with Crippen LogP contribution in [0.3, 0.4) is 0 Å². The van der Waals surface area contributed by atoms with Gasteiger partial charge in [-0.15, -0.1) is 0 Å². The fourth-order valence-electron chi connectivity index (χ4n) is 3.10. The lowest BCUT2D eigenvalue weighted by atomic mass is 10.2. The van der Waals surface area contributed by atoms with E-state index in [1.165, 1.54) is 0 Å². The molecule has 1 fully saturated rings. The van der Waals surface area contributed by atoms with Gasteiger partial charge in [0.2, 0.25) is 15.9 Å². The topological polar surface area (TPSA) is 69.7 Å². The summed E-state index contributed by atoms with van der Waals surface area (Å²) in [7, 11) is -4.28. The molecule has 6 nitrogen and oxygen atoms in total. The van der Waals surface area contributed by atoms with Crippen LogP contribution in [-0.4, -0.2) is 56.3 Å². The van der Waals surface area contributed by atoms with E-state index in [1.54, 1.807) is 11.0 Å². The van der Waals surface area contributed by atoms with Crippen LogP contribution in [0.15, 0.2) is 45.8 Å². The summed E-state index contributed by atoms with van der Waals surface area (Å²) in [4.78, 5) is 13.2. The number of nitrogens with one attached hydrogen (secondary N) is 1. The molecule has 0 atom stereocenters. The van der Waals surface area contributed by atoms with Crippen molar-refractivity contribution in [3.63, 3.8) is 0 Å². The Morgan fingerprint density at radius 3 is 2.31 bits per heavy atom. The molecule has 0 aromatic heterocycles. The van der Waals surface area contributed by atoms with Crippen molar-refractivity contribution in [3.05, 3.63) is 58.1 Å². The maximum atomic E-state index is 13.9. The van der Waals surface area contributed by atoms with Crippen LogP contribution in [0.25, 0.3) is 0 Å². The third kappa shape index (κ3) is 5.00. The van der Waals surface area contributed by atoms with E-state index in [4.69, 9.17) is 0 Å². The van der Waals surface area contributed by atoms with Gasteiger partial charge in [0, 0.05) is 30.7 Å². The smallest absolute Gasteiger partial charge is 0.249 e. The van der Waals surface area contributed by atoms with Crippen LogP contribution in [0.5, 0.6) is 0 Å². The second-order valence-electron chi connectivity index (χ2n) is 6.76. The van der Waals surface area contributed by atoms with E-state index in [1.807, 2.05) is 19.1 Å². The second kappa shape index (κ2) is 8.86. The van der Waals surface area contributed by atoms with Crippen molar-refractivity contribution in [2.45, 2.75) is 11.8 Å². The Kier molecular flexibility index (Phi) is 6.67. The molecule has 1 N–H and O–H groups in total. The van der Waals surface area contributed by atoms with Gasteiger partial charge in [-0.2, -0.15) is 4.31 Å². The van der Waals surface area contributed by atoms with Crippen molar-refractivity contribution in [1.82, 2.24) is 9.21 Å². The van der Waals surface area contributed by atoms with E-state index in [-0.39, 0.29) is 38.6 Å². The van der Waals surface area contributed by atoms with Crippen LogP contribution in [0.1, 0.15) is 5.56 Å². The van der Waals surface area contributed by atoms with Crippen molar-refractivity contribution in [2.75, 3.05) is 38.0 Å². The lowest BCUT2D eigenvalue weighted by molar-refractivity contribution is -0.117. The molecule has 1 saturated heterocycles. The molecule has 0 saturated carbocycles. The van der Waals surface area contributed by atoms with Crippen LogP contribution >= 0.6 is 15.9 Å². The summed E-state index contributed by atoms with van der Waals surface area (Å²) in [5.74, 6) is -2.46. The number of nitrogens with zero attached hydrogens (tertiary/aromatic N) is 2. The predicted molar refractivity (Wildman–Crippen MR) is 109 cm³/mol. The van der Waals surface area contributed by atoms with Crippen molar-refractivity contribution in [1.29, 1.82) is 0 Å². The Labute approximate surface area is 176 Å². The van der Waals surface area contributed by atoms with Crippen molar-refractivity contribution < 1.29 is 22.0 Å². The fourth-order valence-corrected chi connectivity index (χ4v) is 5.22. The number of piperazine rings is 1. The van der Waals surface area contributed by atoms with Gasteiger partial charge in [-0.3, -0.25) is 9.69 Å². The van der Waals surface area contributed by atoms with E-state index in [2.05, 4.69) is 21.2 Å². The minimum absolute atomic E-state index is 0.0393. The van der Waals surface area contributed by atoms with Gasteiger partial charge in [-0.05, 0) is 52.7 Å². The number of rotatable bonds is 5. The minimum atomic E-state index is -4.28. The second-order valence-corrected chi connectivity index (χ2v) is 9.49. The zero-order chi connectivity index (χ0) is 21.2. The van der Waals surface area contributed by atoms with Crippen LogP contribution in [0, 0.1) is 18.6 Å². The first-order valence-electron chi connectivity index (χ1n) is 8.91. The Morgan fingerprint density at radius 2 is 1.72 bits per heavy atom. The first-order valence-corrected chi connectivity index (χ1v) is 11.1. The van der Waals surface area contributed by atoms with Gasteiger partial charge >= 0.3 is 0 Å². The lowest BCUT2D eigenvalue weighted by Crippen LogP contribution is -2.50. The Morgan fingerprint density at radius 1 is 1.10 bits per heavy atom. The molecule has 1 amide bonds. The molecule has 2 aromatic carbocycles. The van der Waals surface area contributed by atoms with Gasteiger partial charge in [-0.25, -0.2) is 17.2 Å². The molecule has 0 spiro atoms. The number of aryl methyl sites for hydroxylation is 1. The van der Waals surface area contributed by atoms with E-state index >= 15 is 0 Å². The maximum Gasteiger partial charge on any atom is 0.249 e. The molecule has 0 bridgehead atoms. The number of sulfonamides is 1. The van der Waals surface area contributed by atoms with E-state index in [0.29, 0.717) is 5.69 Å². The summed E-state index contributed by atoms with van der Waals surface area (Å²) in [6.07, 6.45) is 0. The van der Waals surface area contributed by atoms with Crippen molar-refractivity contribution in [3.8, 4) is 0 Å². The molecule has 0 aliphatic carbocycles. The number of anilines is 1. The van der Waals surface area contributed by atoms with Crippen molar-refractivity contribution in [2.24, 2.45) is 0 Å². The highest BCUT2D eigenvalue weighted by Gasteiger charge is 2.33. The maximum absolute atomic E-state index is 13.9. The first kappa shape index (κ1) is 21.8. The average molecular weight is 488 g/mol. The summed E-state index contributed by atoms with van der Waals surface area (Å²) in [6.45, 7) is 2.66. The summed E-state index contributed by atoms with van der Waals surface area (Å²) in [5.41, 5.74) is 1.70. The standard InChI is InChI=1S/C19H20BrF2N3O3S/c1-13-5-6-17(14(20)11-13)23-18(26)12-24-7-9-25(10-8-24)29(27,28)19-15(21)3-2-4-16(19)22/h2-6,11H,7-10,12H2,1H3,(H,23,26). The molecule has 0 radical (unpaired) electrons. The zero-order valence-corrected chi connectivity index (χ0v) is 18.1. The fraction of sp³-hybridized carbons (Fsp3) is 0.316. The molecule has 2 aromatic rings. The average Bonchev–Trinajstić information content (AvgIpc) is 2.64. The summed E-state index contributed by atoms with van der Waals surface area (Å²) < 4.78 is 54.8. The Balaban J connectivity index is 1.59.